The number of carbonyl (C=O) groups is 2. The van der Waals surface area contributed by atoms with E-state index in [1.54, 1.807) is 19.9 Å². The zero-order valence-corrected chi connectivity index (χ0v) is 21.5. The lowest BCUT2D eigenvalue weighted by molar-refractivity contribution is -0.117. The monoisotopic (exact) mass is 498 g/mol. The molecule has 0 atom stereocenters. The Morgan fingerprint density at radius 3 is 2.19 bits per heavy atom. The molecule has 1 heterocycles. The van der Waals surface area contributed by atoms with Crippen LogP contribution >= 0.6 is 0 Å². The minimum absolute atomic E-state index is 0.0675. The lowest BCUT2D eigenvalue weighted by atomic mass is 10.0. The van der Waals surface area contributed by atoms with E-state index in [2.05, 4.69) is 31.3 Å². The van der Waals surface area contributed by atoms with Gasteiger partial charge in [0.05, 0.1) is 11.3 Å². The van der Waals surface area contributed by atoms with Gasteiger partial charge in [0, 0.05) is 23.5 Å². The molecule has 0 aliphatic carbocycles. The number of anilines is 1. The predicted molar refractivity (Wildman–Crippen MR) is 144 cm³/mol. The largest absolute Gasteiger partial charge is 0.327 e. The average Bonchev–Trinajstić information content (AvgIpc) is 3.31. The number of aromatic nitrogens is 2. The highest BCUT2D eigenvalue weighted by Gasteiger charge is 2.25. The molecule has 4 aromatic rings. The van der Waals surface area contributed by atoms with Gasteiger partial charge in [0.1, 0.15) is 12.4 Å². The highest BCUT2D eigenvalue weighted by atomic mass is 19.1. The quantitative estimate of drug-likeness (QED) is 0.310. The molecule has 1 aromatic heterocycles. The maximum absolute atomic E-state index is 14.3. The van der Waals surface area contributed by atoms with Gasteiger partial charge in [0.15, 0.2) is 0 Å². The average molecular weight is 499 g/mol. The molecule has 0 aliphatic rings. The Balaban J connectivity index is 1.63. The number of benzene rings is 3. The summed E-state index contributed by atoms with van der Waals surface area (Å²) in [5, 5.41) is 2.87. The first-order chi connectivity index (χ1) is 17.7. The first-order valence-electron chi connectivity index (χ1n) is 12.3. The van der Waals surface area contributed by atoms with Gasteiger partial charge in [-0.15, -0.1) is 0 Å². The summed E-state index contributed by atoms with van der Waals surface area (Å²) in [4.78, 5) is 32.2. The summed E-state index contributed by atoms with van der Waals surface area (Å²) in [5.41, 5.74) is 3.60. The molecule has 0 radical (unpaired) electrons. The number of hydrogen-bond acceptors (Lipinski definition) is 3. The lowest BCUT2D eigenvalue weighted by Gasteiger charge is -2.26. The first-order valence-corrected chi connectivity index (χ1v) is 12.3. The maximum atomic E-state index is 14.3. The highest BCUT2D eigenvalue weighted by molar-refractivity contribution is 5.99. The Bertz CT molecular complexity index is 1380. The predicted octanol–water partition coefficient (Wildman–Crippen LogP) is 6.29. The normalized spacial score (nSPS) is 11.1. The van der Waals surface area contributed by atoms with Crippen molar-refractivity contribution in [3.8, 4) is 16.9 Å². The Labute approximate surface area is 216 Å². The summed E-state index contributed by atoms with van der Waals surface area (Å²) in [6.07, 6.45) is 1.88. The van der Waals surface area contributed by atoms with Gasteiger partial charge in [0.25, 0.3) is 5.91 Å². The van der Waals surface area contributed by atoms with Crippen LogP contribution in [0.15, 0.2) is 85.1 Å². The van der Waals surface area contributed by atoms with Crippen molar-refractivity contribution in [2.75, 3.05) is 11.9 Å². The SMILES string of the molecule is CC(C)c1ccc(-n2cc(-c3ccccc3)nc2NC(=O)CN(C(=O)c2ccccc2F)C(C)C)cc1. The molecule has 7 heteroatoms. The van der Waals surface area contributed by atoms with E-state index in [0.29, 0.717) is 17.6 Å². The summed E-state index contributed by atoms with van der Waals surface area (Å²) in [6, 6.07) is 23.2. The topological polar surface area (TPSA) is 67.2 Å². The van der Waals surface area contributed by atoms with Gasteiger partial charge in [-0.05, 0) is 49.6 Å². The molecule has 0 unspecified atom stereocenters. The van der Waals surface area contributed by atoms with E-state index in [4.69, 9.17) is 4.98 Å². The first kappa shape index (κ1) is 25.8. The molecule has 1 N–H and O–H groups in total. The highest BCUT2D eigenvalue weighted by Crippen LogP contribution is 2.25. The second kappa shape index (κ2) is 11.2. The van der Waals surface area contributed by atoms with E-state index in [0.717, 1.165) is 11.3 Å². The zero-order valence-electron chi connectivity index (χ0n) is 21.5. The van der Waals surface area contributed by atoms with Crippen molar-refractivity contribution < 1.29 is 14.0 Å². The lowest BCUT2D eigenvalue weighted by Crippen LogP contribution is -2.42. The Morgan fingerprint density at radius 2 is 1.57 bits per heavy atom. The smallest absolute Gasteiger partial charge is 0.257 e. The van der Waals surface area contributed by atoms with E-state index in [1.165, 1.54) is 28.7 Å². The standard InChI is InChI=1S/C30H31FN4O2/c1-20(2)22-14-16-24(17-15-22)35-18-27(23-10-6-5-7-11-23)32-30(35)33-28(36)19-34(21(3)4)29(37)25-12-8-9-13-26(25)31/h5-18,20-21H,19H2,1-4H3,(H,32,33,36). The van der Waals surface area contributed by atoms with Crippen molar-refractivity contribution in [2.24, 2.45) is 0 Å². The molecule has 3 aromatic carbocycles. The van der Waals surface area contributed by atoms with E-state index < -0.39 is 17.6 Å². The van der Waals surface area contributed by atoms with Gasteiger partial charge in [-0.2, -0.15) is 0 Å². The summed E-state index contributed by atoms with van der Waals surface area (Å²) in [5.74, 6) is -0.857. The molecule has 190 valence electrons. The molecule has 0 saturated heterocycles. The fraction of sp³-hybridized carbons (Fsp3) is 0.233. The number of nitrogens with one attached hydrogen (secondary N) is 1. The molecule has 0 fully saturated rings. The van der Waals surface area contributed by atoms with Crippen molar-refractivity contribution in [1.82, 2.24) is 14.5 Å². The van der Waals surface area contributed by atoms with Crippen LogP contribution in [0.5, 0.6) is 0 Å². The summed E-state index contributed by atoms with van der Waals surface area (Å²) in [6.45, 7) is 7.60. The number of rotatable bonds is 8. The van der Waals surface area contributed by atoms with E-state index in [-0.39, 0.29) is 18.2 Å². The molecule has 2 amide bonds. The van der Waals surface area contributed by atoms with Crippen LogP contribution in [0.25, 0.3) is 16.9 Å². The Morgan fingerprint density at radius 1 is 0.919 bits per heavy atom. The molecule has 0 bridgehead atoms. The zero-order chi connectivity index (χ0) is 26.5. The molecule has 6 nitrogen and oxygen atoms in total. The number of nitrogens with zero attached hydrogens (tertiary/aromatic N) is 3. The minimum atomic E-state index is -0.619. The Hall–Kier alpha value is -4.26. The van der Waals surface area contributed by atoms with Crippen LogP contribution in [0.3, 0.4) is 0 Å². The molecule has 0 aliphatic heterocycles. The molecule has 0 saturated carbocycles. The molecule has 37 heavy (non-hydrogen) atoms. The third-order valence-electron chi connectivity index (χ3n) is 6.17. The van der Waals surface area contributed by atoms with Crippen LogP contribution in [0.1, 0.15) is 49.5 Å². The van der Waals surface area contributed by atoms with Gasteiger partial charge in [-0.25, -0.2) is 9.37 Å². The van der Waals surface area contributed by atoms with Crippen LogP contribution in [0.4, 0.5) is 10.3 Å². The number of carbonyl (C=O) groups excluding carboxylic acids is 2. The van der Waals surface area contributed by atoms with Gasteiger partial charge >= 0.3 is 0 Å². The van der Waals surface area contributed by atoms with Crippen LogP contribution < -0.4 is 5.32 Å². The molecular weight excluding hydrogens is 467 g/mol. The van der Waals surface area contributed by atoms with Gasteiger partial charge in [0.2, 0.25) is 11.9 Å². The molecule has 0 spiro atoms. The minimum Gasteiger partial charge on any atom is -0.327 e. The van der Waals surface area contributed by atoms with E-state index in [1.807, 2.05) is 53.2 Å². The summed E-state index contributed by atoms with van der Waals surface area (Å²) >= 11 is 0. The summed E-state index contributed by atoms with van der Waals surface area (Å²) < 4.78 is 16.1. The van der Waals surface area contributed by atoms with Crippen molar-refractivity contribution in [3.05, 3.63) is 102 Å². The van der Waals surface area contributed by atoms with Crippen LogP contribution in [0.2, 0.25) is 0 Å². The van der Waals surface area contributed by atoms with Gasteiger partial charge in [-0.1, -0.05) is 68.4 Å². The van der Waals surface area contributed by atoms with Crippen LogP contribution in [0, 0.1) is 5.82 Å². The maximum Gasteiger partial charge on any atom is 0.257 e. The fourth-order valence-corrected chi connectivity index (χ4v) is 4.03. The van der Waals surface area contributed by atoms with Crippen LogP contribution in [-0.2, 0) is 4.79 Å². The third kappa shape index (κ3) is 5.94. The number of halogens is 1. The van der Waals surface area contributed by atoms with Crippen molar-refractivity contribution in [1.29, 1.82) is 0 Å². The third-order valence-corrected chi connectivity index (χ3v) is 6.17. The Kier molecular flexibility index (Phi) is 7.82. The van der Waals surface area contributed by atoms with E-state index >= 15 is 0 Å². The molecule has 4 rings (SSSR count). The van der Waals surface area contributed by atoms with Crippen molar-refractivity contribution in [3.63, 3.8) is 0 Å². The van der Waals surface area contributed by atoms with Crippen molar-refractivity contribution in [2.45, 2.75) is 39.7 Å². The van der Waals surface area contributed by atoms with Gasteiger partial charge < -0.3 is 4.90 Å². The number of amides is 2. The van der Waals surface area contributed by atoms with E-state index in [9.17, 15) is 14.0 Å². The summed E-state index contributed by atoms with van der Waals surface area (Å²) in [7, 11) is 0. The number of hydrogen-bond donors (Lipinski definition) is 1. The second-order valence-electron chi connectivity index (χ2n) is 9.49. The van der Waals surface area contributed by atoms with Crippen LogP contribution in [-0.4, -0.2) is 38.9 Å². The van der Waals surface area contributed by atoms with Gasteiger partial charge in [-0.3, -0.25) is 19.5 Å². The molecular formula is C30H31FN4O2. The number of imidazole rings is 1. The fourth-order valence-electron chi connectivity index (χ4n) is 4.03. The van der Waals surface area contributed by atoms with Crippen molar-refractivity contribution >= 4 is 17.8 Å². The second-order valence-corrected chi connectivity index (χ2v) is 9.49.